The summed E-state index contributed by atoms with van der Waals surface area (Å²) in [5.74, 6) is -1.51. The zero-order valence-electron chi connectivity index (χ0n) is 13.1. The number of hydrogen-bond acceptors (Lipinski definition) is 4. The second-order valence-corrected chi connectivity index (χ2v) is 7.21. The highest BCUT2D eigenvalue weighted by atomic mass is 79.9. The first-order chi connectivity index (χ1) is 12.0. The minimum atomic E-state index is -0.926. The van der Waals surface area contributed by atoms with Crippen LogP contribution in [0.25, 0.3) is 0 Å². The van der Waals surface area contributed by atoms with Gasteiger partial charge in [-0.3, -0.25) is 9.59 Å². The van der Waals surface area contributed by atoms with Crippen molar-refractivity contribution in [1.29, 1.82) is 0 Å². The van der Waals surface area contributed by atoms with Gasteiger partial charge in [0.05, 0.1) is 5.69 Å². The van der Waals surface area contributed by atoms with E-state index in [-0.39, 0.29) is 5.91 Å². The lowest BCUT2D eigenvalue weighted by Crippen LogP contribution is -2.33. The van der Waals surface area contributed by atoms with Crippen molar-refractivity contribution < 1.29 is 14.4 Å². The fraction of sp³-hybridized carbons (Fsp3) is 0.167. The lowest BCUT2D eigenvalue weighted by Gasteiger charge is -2.18. The third-order valence-corrected chi connectivity index (χ3v) is 5.37. The summed E-state index contributed by atoms with van der Waals surface area (Å²) in [5.41, 5.74) is 2.38. The normalized spacial score (nSPS) is 22.0. The third-order valence-electron chi connectivity index (χ3n) is 4.43. The molecule has 0 aromatic heterocycles. The van der Waals surface area contributed by atoms with Gasteiger partial charge >= 0.3 is 0 Å². The highest BCUT2D eigenvalue weighted by Gasteiger charge is 2.56. The van der Waals surface area contributed by atoms with Crippen LogP contribution in [0.1, 0.15) is 11.1 Å². The molecule has 2 amide bonds. The Morgan fingerprint density at radius 2 is 1.84 bits per heavy atom. The number of carbonyl (C=O) groups excluding carboxylic acids is 2. The molecule has 0 unspecified atom stereocenters. The van der Waals surface area contributed by atoms with E-state index in [9.17, 15) is 9.59 Å². The molecule has 0 N–H and O–H groups in total. The van der Waals surface area contributed by atoms with Crippen LogP contribution in [0.5, 0.6) is 0 Å². The van der Waals surface area contributed by atoms with Crippen LogP contribution in [0.4, 0.5) is 5.69 Å². The molecule has 25 heavy (non-hydrogen) atoms. The summed E-state index contributed by atoms with van der Waals surface area (Å²) >= 11 is 9.51. The number of amides is 2. The summed E-state index contributed by atoms with van der Waals surface area (Å²) < 4.78 is 0.914. The molecular formula is C18H12BrClN2O3. The summed E-state index contributed by atoms with van der Waals surface area (Å²) in [6.45, 7) is 1.77. The van der Waals surface area contributed by atoms with Crippen molar-refractivity contribution in [3.05, 3.63) is 63.1 Å². The number of carbonyl (C=O) groups is 2. The number of nitrogens with zero attached hydrogens (tertiary/aromatic N) is 2. The van der Waals surface area contributed by atoms with Gasteiger partial charge in [0.25, 0.3) is 5.91 Å². The van der Waals surface area contributed by atoms with Gasteiger partial charge in [0, 0.05) is 15.1 Å². The third kappa shape index (κ3) is 2.48. The quantitative estimate of drug-likeness (QED) is 0.697. The molecule has 1 fully saturated rings. The standard InChI is InChI=1S/C18H12BrClN2O3/c1-9-12(20)3-2-4-13(9)22-17(23)14-15(21-25-16(14)18(22)24)10-5-7-11(19)8-6-10/h2-8,14,16H,1H3/t14-,16+/m1/s1. The summed E-state index contributed by atoms with van der Waals surface area (Å²) in [6, 6.07) is 12.5. The minimum Gasteiger partial charge on any atom is -0.381 e. The first-order valence-electron chi connectivity index (χ1n) is 7.61. The van der Waals surface area contributed by atoms with Crippen LogP contribution < -0.4 is 4.90 Å². The van der Waals surface area contributed by atoms with Crippen LogP contribution in [0.2, 0.25) is 5.02 Å². The molecule has 2 aromatic rings. The molecule has 7 heteroatoms. The molecule has 0 spiro atoms. The Hall–Kier alpha value is -2.18. The molecule has 4 rings (SSSR count). The molecule has 0 saturated carbocycles. The average molecular weight is 420 g/mol. The lowest BCUT2D eigenvalue weighted by molar-refractivity contribution is -0.126. The van der Waals surface area contributed by atoms with Crippen molar-refractivity contribution in [3.8, 4) is 0 Å². The van der Waals surface area contributed by atoms with E-state index in [0.29, 0.717) is 22.0 Å². The monoisotopic (exact) mass is 418 g/mol. The largest absolute Gasteiger partial charge is 0.381 e. The van der Waals surface area contributed by atoms with E-state index in [1.54, 1.807) is 25.1 Å². The molecular weight excluding hydrogens is 408 g/mol. The summed E-state index contributed by atoms with van der Waals surface area (Å²) in [6.07, 6.45) is -0.926. The predicted molar refractivity (Wildman–Crippen MR) is 97.7 cm³/mol. The summed E-state index contributed by atoms with van der Waals surface area (Å²) in [4.78, 5) is 32.2. The summed E-state index contributed by atoms with van der Waals surface area (Å²) in [5, 5.41) is 4.49. The number of fused-ring (bicyclic) bond motifs is 1. The molecule has 2 aliphatic rings. The number of imide groups is 1. The van der Waals surface area contributed by atoms with Crippen molar-refractivity contribution in [2.75, 3.05) is 4.90 Å². The Balaban J connectivity index is 1.73. The molecule has 0 bridgehead atoms. The van der Waals surface area contributed by atoms with Crippen molar-refractivity contribution in [3.63, 3.8) is 0 Å². The van der Waals surface area contributed by atoms with Gasteiger partial charge in [0.15, 0.2) is 0 Å². The van der Waals surface area contributed by atoms with Crippen LogP contribution >= 0.6 is 27.5 Å². The highest BCUT2D eigenvalue weighted by Crippen LogP contribution is 2.37. The highest BCUT2D eigenvalue weighted by molar-refractivity contribution is 9.10. The fourth-order valence-electron chi connectivity index (χ4n) is 3.11. The molecule has 126 valence electrons. The van der Waals surface area contributed by atoms with Crippen molar-refractivity contribution in [1.82, 2.24) is 0 Å². The zero-order chi connectivity index (χ0) is 17.7. The number of benzene rings is 2. The predicted octanol–water partition coefficient (Wildman–Crippen LogP) is 3.70. The maximum atomic E-state index is 13.0. The molecule has 2 atom stereocenters. The molecule has 0 aliphatic carbocycles. The van der Waals surface area contributed by atoms with Gasteiger partial charge < -0.3 is 4.84 Å². The topological polar surface area (TPSA) is 59.0 Å². The molecule has 2 aliphatic heterocycles. The Kier molecular flexibility index (Phi) is 3.89. The average Bonchev–Trinajstić information content (AvgIpc) is 3.13. The second-order valence-electron chi connectivity index (χ2n) is 5.88. The lowest BCUT2D eigenvalue weighted by atomic mass is 9.94. The van der Waals surface area contributed by atoms with Crippen LogP contribution in [0.3, 0.4) is 0 Å². The Bertz CT molecular complexity index is 926. The van der Waals surface area contributed by atoms with Crippen molar-refractivity contribution >= 4 is 50.7 Å². The molecule has 1 saturated heterocycles. The van der Waals surface area contributed by atoms with E-state index in [1.165, 1.54) is 0 Å². The van der Waals surface area contributed by atoms with Gasteiger partial charge in [-0.25, -0.2) is 4.90 Å². The van der Waals surface area contributed by atoms with Crippen LogP contribution in [0, 0.1) is 12.8 Å². The van der Waals surface area contributed by atoms with E-state index in [2.05, 4.69) is 21.1 Å². The first kappa shape index (κ1) is 16.3. The van der Waals surface area contributed by atoms with Gasteiger partial charge in [0.2, 0.25) is 12.0 Å². The fourth-order valence-corrected chi connectivity index (χ4v) is 3.55. The van der Waals surface area contributed by atoms with Crippen LogP contribution in [-0.2, 0) is 14.4 Å². The van der Waals surface area contributed by atoms with Crippen molar-refractivity contribution in [2.45, 2.75) is 13.0 Å². The van der Waals surface area contributed by atoms with Gasteiger partial charge in [-0.1, -0.05) is 50.9 Å². The van der Waals surface area contributed by atoms with Gasteiger partial charge in [-0.2, -0.15) is 0 Å². The molecule has 5 nitrogen and oxygen atoms in total. The Labute approximate surface area is 157 Å². The number of rotatable bonds is 2. The van der Waals surface area contributed by atoms with Gasteiger partial charge in [-0.05, 0) is 36.8 Å². The first-order valence-corrected chi connectivity index (χ1v) is 8.78. The second kappa shape index (κ2) is 5.97. The van der Waals surface area contributed by atoms with E-state index in [1.807, 2.05) is 24.3 Å². The van der Waals surface area contributed by atoms with E-state index in [4.69, 9.17) is 16.4 Å². The maximum absolute atomic E-state index is 13.0. The van der Waals surface area contributed by atoms with E-state index < -0.39 is 17.9 Å². The molecule has 2 aromatic carbocycles. The van der Waals surface area contributed by atoms with Gasteiger partial charge in [-0.15, -0.1) is 0 Å². The number of halogens is 2. The smallest absolute Gasteiger partial charge is 0.278 e. The molecule has 2 heterocycles. The van der Waals surface area contributed by atoms with Crippen molar-refractivity contribution in [2.24, 2.45) is 11.1 Å². The van der Waals surface area contributed by atoms with E-state index in [0.717, 1.165) is 14.9 Å². The number of oxime groups is 1. The maximum Gasteiger partial charge on any atom is 0.278 e. The summed E-state index contributed by atoms with van der Waals surface area (Å²) in [7, 11) is 0. The van der Waals surface area contributed by atoms with Gasteiger partial charge in [0.1, 0.15) is 11.6 Å². The Morgan fingerprint density at radius 3 is 2.56 bits per heavy atom. The zero-order valence-corrected chi connectivity index (χ0v) is 15.4. The Morgan fingerprint density at radius 1 is 1.12 bits per heavy atom. The number of hydrogen-bond donors (Lipinski definition) is 0. The van der Waals surface area contributed by atoms with Crippen LogP contribution in [-0.4, -0.2) is 23.6 Å². The molecule has 0 radical (unpaired) electrons. The minimum absolute atomic E-state index is 0.348. The number of anilines is 1. The van der Waals surface area contributed by atoms with E-state index >= 15 is 0 Å². The SMILES string of the molecule is Cc1c(Cl)cccc1N1C(=O)[C@@H]2C(c3ccc(Br)cc3)=NO[C@@H]2C1=O. The van der Waals surface area contributed by atoms with Crippen LogP contribution in [0.15, 0.2) is 52.1 Å².